The Bertz CT molecular complexity index is 1260. The Morgan fingerprint density at radius 1 is 1.04 bits per heavy atom. The van der Waals surface area contributed by atoms with Crippen LogP contribution in [0.25, 0.3) is 0 Å². The van der Waals surface area contributed by atoms with E-state index in [1.54, 1.807) is 0 Å². The minimum absolute atomic E-state index is 0.200. The fourth-order valence-electron chi connectivity index (χ4n) is 5.85. The van der Waals surface area contributed by atoms with Crippen LogP contribution in [0.2, 0.25) is 0 Å². The van der Waals surface area contributed by atoms with Crippen molar-refractivity contribution >= 4 is 29.9 Å². The van der Waals surface area contributed by atoms with Gasteiger partial charge in [-0.05, 0) is 69.0 Å². The summed E-state index contributed by atoms with van der Waals surface area (Å²) in [6.07, 6.45) is 16.0. The van der Waals surface area contributed by atoms with Crippen LogP contribution in [-0.2, 0) is 25.6 Å². The molecule has 1 saturated carbocycles. The van der Waals surface area contributed by atoms with E-state index in [-0.39, 0.29) is 41.9 Å². The Morgan fingerprint density at radius 2 is 1.66 bits per heavy atom. The van der Waals surface area contributed by atoms with Gasteiger partial charge < -0.3 is 26.1 Å². The number of rotatable bonds is 13. The van der Waals surface area contributed by atoms with Crippen molar-refractivity contribution in [3.63, 3.8) is 0 Å². The highest BCUT2D eigenvalue weighted by Gasteiger charge is 2.36. The Kier molecular flexibility index (Phi) is 20.0. The summed E-state index contributed by atoms with van der Waals surface area (Å²) in [5, 5.41) is 11.1. The predicted octanol–water partition coefficient (Wildman–Crippen LogP) is 5.36. The lowest BCUT2D eigenvalue weighted by atomic mass is 9.77. The molecule has 1 aromatic carbocycles. The van der Waals surface area contributed by atoms with Crippen LogP contribution in [0.15, 0.2) is 43.0 Å². The lowest BCUT2D eigenvalue weighted by Crippen LogP contribution is -2.57. The highest BCUT2D eigenvalue weighted by atomic mass is 16.2. The van der Waals surface area contributed by atoms with Crippen LogP contribution in [-0.4, -0.2) is 78.6 Å². The highest BCUT2D eigenvalue weighted by Crippen LogP contribution is 2.31. The first-order valence-corrected chi connectivity index (χ1v) is 18.0. The fourth-order valence-corrected chi connectivity index (χ4v) is 5.85. The monoisotopic (exact) mass is 693 g/mol. The molecule has 4 amide bonds. The number of nitrogens with zero attached hydrogens (tertiary/aromatic N) is 1. The van der Waals surface area contributed by atoms with Crippen molar-refractivity contribution < 1.29 is 24.0 Å². The van der Waals surface area contributed by atoms with E-state index >= 15 is 0 Å². The number of likely N-dealkylation sites (tertiary alicyclic amines) is 1. The Balaban J connectivity index is 0.000000453. The number of urea groups is 1. The first-order chi connectivity index (χ1) is 23.6. The van der Waals surface area contributed by atoms with E-state index in [1.807, 2.05) is 50.9 Å². The third-order valence-electron chi connectivity index (χ3n) is 8.59. The molecule has 1 aromatic rings. The standard InChI is InChI=1S/C20H30N2O2.C16H23N3O3.C4H10/c1-19(2,3)17(15-23)21-18(24)22-20(12-8-5-9-13-20)14-16-10-6-4-7-11-16;1-4-6-8-12(14(20)16(22)17-10-5-2)18-15(21)13-9-7-11-19(13)3;1-4(2)3/h4,6-7,10-11,15,17H,5,8-9,12-14H2,1-3H3,(H2,21,22,24);1,5,12-13H,2,6-11H2,3H3,(H,17,22)(H,18,21);4H,1-3H3. The predicted molar refractivity (Wildman–Crippen MR) is 201 cm³/mol. The number of hydrogen-bond acceptors (Lipinski definition) is 6. The summed E-state index contributed by atoms with van der Waals surface area (Å²) >= 11 is 0. The topological polar surface area (TPSA) is 137 Å². The summed E-state index contributed by atoms with van der Waals surface area (Å²) in [5.74, 6) is 1.62. The summed E-state index contributed by atoms with van der Waals surface area (Å²) < 4.78 is 0. The first kappa shape index (κ1) is 44.1. The highest BCUT2D eigenvalue weighted by molar-refractivity contribution is 6.38. The maximum Gasteiger partial charge on any atom is 0.315 e. The zero-order valence-corrected chi connectivity index (χ0v) is 31.6. The molecular weight excluding hydrogens is 630 g/mol. The summed E-state index contributed by atoms with van der Waals surface area (Å²) in [6, 6.07) is 8.44. The molecule has 2 aliphatic rings. The Hall–Kier alpha value is -3.97. The van der Waals surface area contributed by atoms with Gasteiger partial charge in [0.1, 0.15) is 6.29 Å². The third kappa shape index (κ3) is 16.6. The normalized spacial score (nSPS) is 17.9. The molecule has 10 heteroatoms. The van der Waals surface area contributed by atoms with Crippen LogP contribution in [0.1, 0.15) is 105 Å². The summed E-state index contributed by atoms with van der Waals surface area (Å²) in [7, 11) is 1.87. The molecule has 1 aliphatic heterocycles. The molecule has 278 valence electrons. The number of ketones is 1. The van der Waals surface area contributed by atoms with Crippen molar-refractivity contribution in [3.05, 3.63) is 48.6 Å². The van der Waals surface area contributed by atoms with E-state index in [9.17, 15) is 24.0 Å². The van der Waals surface area contributed by atoms with Crippen molar-refractivity contribution in [3.8, 4) is 12.3 Å². The van der Waals surface area contributed by atoms with E-state index in [1.165, 1.54) is 18.1 Å². The van der Waals surface area contributed by atoms with Gasteiger partial charge in [0.15, 0.2) is 0 Å². The zero-order chi connectivity index (χ0) is 37.7. The summed E-state index contributed by atoms with van der Waals surface area (Å²) in [4.78, 5) is 62.0. The van der Waals surface area contributed by atoms with Crippen LogP contribution in [0.4, 0.5) is 4.79 Å². The van der Waals surface area contributed by atoms with Crippen LogP contribution < -0.4 is 21.3 Å². The van der Waals surface area contributed by atoms with Crippen molar-refractivity contribution in [2.45, 2.75) is 129 Å². The average molecular weight is 694 g/mol. The molecule has 0 radical (unpaired) electrons. The van der Waals surface area contributed by atoms with Crippen molar-refractivity contribution in [1.82, 2.24) is 26.2 Å². The van der Waals surface area contributed by atoms with Crippen LogP contribution >= 0.6 is 0 Å². The molecule has 3 rings (SSSR count). The Morgan fingerprint density at radius 3 is 2.16 bits per heavy atom. The van der Waals surface area contributed by atoms with E-state index < -0.39 is 23.8 Å². The molecule has 0 spiro atoms. The van der Waals surface area contributed by atoms with Gasteiger partial charge in [0.2, 0.25) is 11.7 Å². The molecule has 4 N–H and O–H groups in total. The number of amides is 4. The number of aldehydes is 1. The van der Waals surface area contributed by atoms with Gasteiger partial charge in [-0.1, -0.05) is 97.2 Å². The van der Waals surface area contributed by atoms with Gasteiger partial charge in [-0.25, -0.2) is 4.79 Å². The minimum atomic E-state index is -0.887. The van der Waals surface area contributed by atoms with Crippen molar-refractivity contribution in [1.29, 1.82) is 0 Å². The molecule has 0 aromatic heterocycles. The molecule has 0 bridgehead atoms. The molecular formula is C40H63N5O5. The molecule has 3 unspecified atom stereocenters. The van der Waals surface area contributed by atoms with Gasteiger partial charge in [-0.3, -0.25) is 19.3 Å². The van der Waals surface area contributed by atoms with Crippen LogP contribution in [0.5, 0.6) is 0 Å². The number of terminal acetylenes is 1. The van der Waals surface area contributed by atoms with E-state index in [0.29, 0.717) is 6.42 Å². The largest absolute Gasteiger partial charge is 0.346 e. The first-order valence-electron chi connectivity index (χ1n) is 18.0. The quantitative estimate of drug-likeness (QED) is 0.0952. The second-order valence-electron chi connectivity index (χ2n) is 15.1. The number of carbonyl (C=O) groups excluding carboxylic acids is 5. The smallest absolute Gasteiger partial charge is 0.315 e. The summed E-state index contributed by atoms with van der Waals surface area (Å²) in [6.45, 7) is 16.9. The molecule has 3 atom stereocenters. The maximum absolute atomic E-state index is 12.5. The average Bonchev–Trinajstić information content (AvgIpc) is 3.50. The van der Waals surface area contributed by atoms with Gasteiger partial charge in [0, 0.05) is 18.5 Å². The zero-order valence-electron chi connectivity index (χ0n) is 31.6. The summed E-state index contributed by atoms with van der Waals surface area (Å²) in [5.41, 5.74) is 0.732. The number of Topliss-reactive ketones (excluding diaryl/α,β-unsaturated/α-hetero) is 1. The SMILES string of the molecule is C#CCCC(NC(=O)C1CCCN1C)C(=O)C(=O)NCC=C.CC(C)(C)C(C=O)NC(=O)NC1(Cc2ccccc2)CCCCC1.CC(C)C. The molecule has 1 saturated heterocycles. The third-order valence-corrected chi connectivity index (χ3v) is 8.59. The number of benzene rings is 1. The van der Waals surface area contributed by atoms with Gasteiger partial charge in [0.05, 0.1) is 18.1 Å². The van der Waals surface area contributed by atoms with E-state index in [0.717, 1.165) is 63.7 Å². The second kappa shape index (κ2) is 22.7. The van der Waals surface area contributed by atoms with Crippen LogP contribution in [0, 0.1) is 23.7 Å². The molecule has 50 heavy (non-hydrogen) atoms. The van der Waals surface area contributed by atoms with Crippen molar-refractivity contribution in [2.75, 3.05) is 20.1 Å². The number of hydrogen-bond donors (Lipinski definition) is 4. The van der Waals surface area contributed by atoms with E-state index in [2.05, 4.69) is 66.7 Å². The molecule has 1 heterocycles. The number of likely N-dealkylation sites (N-methyl/N-ethyl adjacent to an activating group) is 1. The van der Waals surface area contributed by atoms with Gasteiger partial charge in [0.25, 0.3) is 5.91 Å². The minimum Gasteiger partial charge on any atom is -0.346 e. The number of carbonyl (C=O) groups is 5. The van der Waals surface area contributed by atoms with Gasteiger partial charge in [-0.15, -0.1) is 18.9 Å². The van der Waals surface area contributed by atoms with Crippen LogP contribution in [0.3, 0.4) is 0 Å². The number of nitrogens with one attached hydrogen (secondary N) is 4. The lowest BCUT2D eigenvalue weighted by Gasteiger charge is -2.39. The van der Waals surface area contributed by atoms with Gasteiger partial charge in [-0.2, -0.15) is 0 Å². The molecule has 1 aliphatic carbocycles. The maximum atomic E-state index is 12.5. The van der Waals surface area contributed by atoms with E-state index in [4.69, 9.17) is 6.42 Å². The Labute approximate surface area is 301 Å². The second-order valence-corrected chi connectivity index (χ2v) is 15.1. The van der Waals surface area contributed by atoms with Gasteiger partial charge >= 0.3 is 6.03 Å². The molecule has 10 nitrogen and oxygen atoms in total. The van der Waals surface area contributed by atoms with Crippen molar-refractivity contribution in [2.24, 2.45) is 11.3 Å². The fraction of sp³-hybridized carbons (Fsp3) is 0.625. The lowest BCUT2D eigenvalue weighted by molar-refractivity contribution is -0.140. The molecule has 2 fully saturated rings.